The number of benzene rings is 2. The number of ether oxygens (including phenoxy) is 3. The first kappa shape index (κ1) is 26.6. The average Bonchev–Trinajstić information content (AvgIpc) is 2.99. The Kier molecular flexibility index (Phi) is 7.53. The van der Waals surface area contributed by atoms with E-state index in [0.29, 0.717) is 32.6 Å². The van der Waals surface area contributed by atoms with Crippen molar-refractivity contribution >= 4 is 58.5 Å². The lowest BCUT2D eigenvalue weighted by molar-refractivity contribution is -0.158. The van der Waals surface area contributed by atoms with Gasteiger partial charge in [0.05, 0.1) is 17.9 Å². The third kappa shape index (κ3) is 5.97. The lowest BCUT2D eigenvalue weighted by atomic mass is 10.0. The monoisotopic (exact) mass is 519 g/mol. The van der Waals surface area contributed by atoms with Crippen LogP contribution >= 0.6 is 23.2 Å². The summed E-state index contributed by atoms with van der Waals surface area (Å²) in [6, 6.07) is 9.61. The number of fused-ring (bicyclic) bond motifs is 1. The van der Waals surface area contributed by atoms with E-state index in [1.165, 1.54) is 6.07 Å². The first-order chi connectivity index (χ1) is 16.2. The molecule has 2 aromatic rings. The van der Waals surface area contributed by atoms with E-state index in [0.717, 1.165) is 4.90 Å². The first-order valence-electron chi connectivity index (χ1n) is 11.0. The Morgan fingerprint density at radius 2 is 1.63 bits per heavy atom. The molecule has 3 rings (SSSR count). The van der Waals surface area contributed by atoms with Crippen LogP contribution in [0.2, 0.25) is 10.0 Å². The number of carbonyl (C=O) groups is 3. The molecule has 9 heteroatoms. The maximum Gasteiger partial charge on any atom is 0.422 e. The Bertz CT molecular complexity index is 1210. The molecule has 0 aliphatic carbocycles. The largest absolute Gasteiger partial charge is 0.476 e. The predicted molar refractivity (Wildman–Crippen MR) is 136 cm³/mol. The van der Waals surface area contributed by atoms with Crippen molar-refractivity contribution in [1.82, 2.24) is 0 Å². The van der Waals surface area contributed by atoms with Crippen molar-refractivity contribution in [1.29, 1.82) is 0 Å². The van der Waals surface area contributed by atoms with E-state index < -0.39 is 29.2 Å². The zero-order valence-corrected chi connectivity index (χ0v) is 21.9. The molecule has 1 heterocycles. The Balaban J connectivity index is 2.10. The minimum atomic E-state index is -1.30. The summed E-state index contributed by atoms with van der Waals surface area (Å²) in [5.74, 6) is -0.826. The van der Waals surface area contributed by atoms with Gasteiger partial charge in [-0.3, -0.25) is 4.79 Å². The highest BCUT2D eigenvalue weighted by molar-refractivity contribution is 6.42. The van der Waals surface area contributed by atoms with E-state index in [4.69, 9.17) is 37.4 Å². The number of carbonyl (C=O) groups excluding carboxylic acids is 3. The highest BCUT2D eigenvalue weighted by Crippen LogP contribution is 2.41. The molecule has 186 valence electrons. The molecule has 7 nitrogen and oxygen atoms in total. The number of hydrogen-bond donors (Lipinski definition) is 0. The summed E-state index contributed by atoms with van der Waals surface area (Å²) in [4.78, 5) is 39.7. The number of nitrogens with zero attached hydrogens (tertiary/aromatic N) is 1. The van der Waals surface area contributed by atoms with Gasteiger partial charge in [-0.05, 0) is 78.0 Å². The number of hydrogen-bond acceptors (Lipinski definition) is 6. The minimum absolute atomic E-state index is 0.206. The van der Waals surface area contributed by atoms with Crippen LogP contribution in [0.1, 0.15) is 52.7 Å². The lowest BCUT2D eigenvalue weighted by Crippen LogP contribution is -2.40. The lowest BCUT2D eigenvalue weighted by Gasteiger charge is -2.25. The predicted octanol–water partition coefficient (Wildman–Crippen LogP) is 6.54. The Hall–Kier alpha value is -3.03. The number of rotatable bonds is 5. The van der Waals surface area contributed by atoms with Crippen molar-refractivity contribution < 1.29 is 28.6 Å². The zero-order chi connectivity index (χ0) is 26.1. The smallest absolute Gasteiger partial charge is 0.422 e. The van der Waals surface area contributed by atoms with Crippen LogP contribution in [-0.2, 0) is 19.1 Å². The number of anilines is 1. The van der Waals surface area contributed by atoms with Crippen LogP contribution in [0.5, 0.6) is 5.75 Å². The van der Waals surface area contributed by atoms with Crippen LogP contribution in [0.15, 0.2) is 36.4 Å². The van der Waals surface area contributed by atoms with E-state index in [1.807, 2.05) is 0 Å². The Morgan fingerprint density at radius 3 is 2.26 bits per heavy atom. The molecule has 0 saturated heterocycles. The maximum absolute atomic E-state index is 13.4. The van der Waals surface area contributed by atoms with Crippen LogP contribution in [0.3, 0.4) is 0 Å². The van der Waals surface area contributed by atoms with Crippen molar-refractivity contribution in [2.24, 2.45) is 0 Å². The maximum atomic E-state index is 13.4. The summed E-state index contributed by atoms with van der Waals surface area (Å²) in [6.45, 7) is 10.2. The van der Waals surface area contributed by atoms with Crippen LogP contribution in [0, 0.1) is 0 Å². The molecule has 0 saturated carbocycles. The fraction of sp³-hybridized carbons (Fsp3) is 0.346. The molecule has 0 aromatic heterocycles. The average molecular weight is 520 g/mol. The highest BCUT2D eigenvalue weighted by Gasteiger charge is 2.40. The van der Waals surface area contributed by atoms with E-state index in [9.17, 15) is 14.4 Å². The third-order valence-electron chi connectivity index (χ3n) is 4.90. The summed E-state index contributed by atoms with van der Waals surface area (Å²) in [5, 5.41) is 0.748. The molecule has 2 aromatic carbocycles. The molecule has 0 unspecified atom stereocenters. The molecule has 1 aliphatic rings. The van der Waals surface area contributed by atoms with E-state index in [2.05, 4.69) is 0 Å². The molecular weight excluding hydrogens is 493 g/mol. The normalized spacial score (nSPS) is 14.7. The second-order valence-electron chi connectivity index (χ2n) is 9.36. The molecular formula is C26H27Cl2NO6. The van der Waals surface area contributed by atoms with Crippen LogP contribution < -0.4 is 9.64 Å². The van der Waals surface area contributed by atoms with Crippen molar-refractivity contribution in [3.8, 4) is 5.75 Å². The van der Waals surface area contributed by atoms with Gasteiger partial charge in [0.2, 0.25) is 0 Å². The van der Waals surface area contributed by atoms with Gasteiger partial charge in [-0.25, -0.2) is 14.5 Å². The molecule has 35 heavy (non-hydrogen) atoms. The van der Waals surface area contributed by atoms with Crippen molar-refractivity contribution in [2.75, 3.05) is 11.5 Å². The summed E-state index contributed by atoms with van der Waals surface area (Å²) in [6.07, 6.45) is 0.738. The van der Waals surface area contributed by atoms with Crippen molar-refractivity contribution in [3.05, 3.63) is 57.6 Å². The zero-order valence-electron chi connectivity index (χ0n) is 20.4. The van der Waals surface area contributed by atoms with Gasteiger partial charge in [-0.2, -0.15) is 0 Å². The van der Waals surface area contributed by atoms with Gasteiger partial charge in [0.1, 0.15) is 11.4 Å². The van der Waals surface area contributed by atoms with Crippen LogP contribution in [-0.4, -0.2) is 35.8 Å². The second-order valence-corrected chi connectivity index (χ2v) is 10.2. The fourth-order valence-corrected chi connectivity index (χ4v) is 3.74. The molecule has 0 atom stereocenters. The fourth-order valence-electron chi connectivity index (χ4n) is 3.39. The number of imide groups is 1. The number of halogens is 2. The molecule has 2 amide bonds. The van der Waals surface area contributed by atoms with Gasteiger partial charge in [0, 0.05) is 21.2 Å². The Labute approximate surface area is 214 Å². The molecule has 0 spiro atoms. The highest BCUT2D eigenvalue weighted by atomic mass is 35.5. The van der Waals surface area contributed by atoms with E-state index in [-0.39, 0.29) is 12.2 Å². The number of esters is 1. The third-order valence-corrected chi connectivity index (χ3v) is 5.37. The van der Waals surface area contributed by atoms with Crippen molar-refractivity contribution in [3.63, 3.8) is 0 Å². The summed E-state index contributed by atoms with van der Waals surface area (Å²) in [7, 11) is 0. The first-order valence-corrected chi connectivity index (χ1v) is 11.7. The molecule has 0 bridgehead atoms. The van der Waals surface area contributed by atoms with E-state index in [1.54, 1.807) is 78.0 Å². The SMILES string of the molecule is CCOC(=O)C(C)(C)Oc1ccc(Cl)cc1/C=C1/C(=O)N(C(=O)OC(C)(C)C)c2cc(Cl)ccc21. The minimum Gasteiger partial charge on any atom is -0.476 e. The number of amides is 2. The Morgan fingerprint density at radius 1 is 1.00 bits per heavy atom. The summed E-state index contributed by atoms with van der Waals surface area (Å²) < 4.78 is 16.5. The topological polar surface area (TPSA) is 82.1 Å². The standard InChI is InChI=1S/C26H27Cl2NO6/c1-7-33-23(31)26(5,6)34-21-11-9-16(27)12-15(21)13-19-18-10-8-17(28)14-20(18)29(22(19)30)24(32)35-25(2,3)4/h8-14H,7H2,1-6H3/b19-13+. The van der Waals surface area contributed by atoms with E-state index >= 15 is 0 Å². The second kappa shape index (κ2) is 9.91. The summed E-state index contributed by atoms with van der Waals surface area (Å²) >= 11 is 12.4. The van der Waals surface area contributed by atoms with Crippen LogP contribution in [0.25, 0.3) is 11.6 Å². The molecule has 0 radical (unpaired) electrons. The quantitative estimate of drug-likeness (QED) is 0.329. The van der Waals surface area contributed by atoms with Gasteiger partial charge in [-0.1, -0.05) is 29.3 Å². The molecule has 1 aliphatic heterocycles. The van der Waals surface area contributed by atoms with Gasteiger partial charge in [0.25, 0.3) is 5.91 Å². The molecule has 0 fully saturated rings. The van der Waals surface area contributed by atoms with Gasteiger partial charge < -0.3 is 14.2 Å². The van der Waals surface area contributed by atoms with Gasteiger partial charge in [0.15, 0.2) is 5.60 Å². The van der Waals surface area contributed by atoms with Gasteiger partial charge >= 0.3 is 12.1 Å². The molecule has 0 N–H and O–H groups in total. The van der Waals surface area contributed by atoms with Crippen molar-refractivity contribution in [2.45, 2.75) is 52.7 Å². The van der Waals surface area contributed by atoms with Gasteiger partial charge in [-0.15, -0.1) is 0 Å². The summed E-state index contributed by atoms with van der Waals surface area (Å²) in [5.41, 5.74) is -0.672. The van der Waals surface area contributed by atoms with Crippen LogP contribution in [0.4, 0.5) is 10.5 Å².